The molecule has 21 heavy (non-hydrogen) atoms. The predicted molar refractivity (Wildman–Crippen MR) is 83.0 cm³/mol. The van der Waals surface area contributed by atoms with Gasteiger partial charge >= 0.3 is 0 Å². The average Bonchev–Trinajstić information content (AvgIpc) is 2.47. The molecular formula is C18H23NO2. The third-order valence-corrected chi connectivity index (χ3v) is 5.07. The minimum absolute atomic E-state index is 0.00270. The number of fused-ring (bicyclic) bond motifs is 2. The maximum absolute atomic E-state index is 12.6. The number of carbonyl (C=O) groups excluding carboxylic acids is 2. The van der Waals surface area contributed by atoms with E-state index in [4.69, 9.17) is 0 Å². The van der Waals surface area contributed by atoms with E-state index < -0.39 is 0 Å². The first-order chi connectivity index (χ1) is 10.2. The first-order valence-corrected chi connectivity index (χ1v) is 8.11. The summed E-state index contributed by atoms with van der Waals surface area (Å²) in [5.41, 5.74) is 2.09. The Hall–Kier alpha value is -1.64. The molecule has 0 saturated heterocycles. The van der Waals surface area contributed by atoms with Gasteiger partial charge in [0.2, 0.25) is 5.91 Å². The van der Waals surface area contributed by atoms with E-state index in [0.717, 1.165) is 49.8 Å². The molecule has 0 spiro atoms. The van der Waals surface area contributed by atoms with Crippen molar-refractivity contribution < 1.29 is 9.59 Å². The number of aryl methyl sites for hydroxylation is 1. The molecule has 1 N–H and O–H groups in total. The number of amides is 1. The van der Waals surface area contributed by atoms with Crippen LogP contribution in [-0.2, 0) is 16.0 Å². The van der Waals surface area contributed by atoms with Crippen LogP contribution in [-0.4, -0.2) is 11.7 Å². The molecule has 3 nitrogen and oxygen atoms in total. The molecule has 0 aromatic heterocycles. The van der Waals surface area contributed by atoms with Crippen LogP contribution in [0.4, 0.5) is 5.69 Å². The molecular weight excluding hydrogens is 262 g/mol. The standard InChI is InChI=1S/C18H23NO2/c1-2-12-6-3-4-9-16(12)19-18(21)15-10-13-7-5-8-14(11-15)17(13)20/h3-4,6,9,13-15H,2,5,7-8,10-11H2,1H3,(H,19,21)/t13-,14+,15?. The lowest BCUT2D eigenvalue weighted by Gasteiger charge is -2.37. The molecule has 3 rings (SSSR count). The topological polar surface area (TPSA) is 46.2 Å². The van der Waals surface area contributed by atoms with Gasteiger partial charge in [0.1, 0.15) is 5.78 Å². The summed E-state index contributed by atoms with van der Waals surface area (Å²) in [5, 5.41) is 3.09. The number of benzene rings is 1. The van der Waals surface area contributed by atoms with Crippen LogP contribution < -0.4 is 5.32 Å². The van der Waals surface area contributed by atoms with Crippen LogP contribution in [0.15, 0.2) is 24.3 Å². The van der Waals surface area contributed by atoms with Gasteiger partial charge in [-0.15, -0.1) is 0 Å². The van der Waals surface area contributed by atoms with Gasteiger partial charge in [-0.1, -0.05) is 31.5 Å². The first kappa shape index (κ1) is 14.3. The van der Waals surface area contributed by atoms with E-state index in [2.05, 4.69) is 18.3 Å². The maximum atomic E-state index is 12.6. The van der Waals surface area contributed by atoms with Gasteiger partial charge in [-0.2, -0.15) is 0 Å². The fourth-order valence-corrected chi connectivity index (χ4v) is 3.88. The van der Waals surface area contributed by atoms with Gasteiger partial charge in [-0.05, 0) is 43.7 Å². The first-order valence-electron chi connectivity index (χ1n) is 8.11. The molecule has 0 radical (unpaired) electrons. The molecule has 2 saturated carbocycles. The van der Waals surface area contributed by atoms with Crippen molar-refractivity contribution in [3.63, 3.8) is 0 Å². The fourth-order valence-electron chi connectivity index (χ4n) is 3.88. The highest BCUT2D eigenvalue weighted by Gasteiger charge is 2.41. The number of hydrogen-bond acceptors (Lipinski definition) is 2. The highest BCUT2D eigenvalue weighted by atomic mass is 16.2. The zero-order chi connectivity index (χ0) is 14.8. The van der Waals surface area contributed by atoms with Gasteiger partial charge in [0.05, 0.1) is 0 Å². The third kappa shape index (κ3) is 2.87. The van der Waals surface area contributed by atoms with Gasteiger partial charge in [0.15, 0.2) is 0 Å². The van der Waals surface area contributed by atoms with Crippen molar-refractivity contribution in [2.24, 2.45) is 17.8 Å². The quantitative estimate of drug-likeness (QED) is 0.922. The molecule has 2 aliphatic carbocycles. The second-order valence-electron chi connectivity index (χ2n) is 6.40. The Morgan fingerprint density at radius 1 is 1.19 bits per heavy atom. The SMILES string of the molecule is CCc1ccccc1NC(=O)C1C[C@H]2CCC[C@@H](C1)C2=O. The summed E-state index contributed by atoms with van der Waals surface area (Å²) in [5.74, 6) is 0.784. The second kappa shape index (κ2) is 6.00. The molecule has 2 aliphatic rings. The Balaban J connectivity index is 1.70. The molecule has 1 amide bonds. The number of ketones is 1. The Morgan fingerprint density at radius 2 is 1.86 bits per heavy atom. The van der Waals surface area contributed by atoms with Gasteiger partial charge in [0, 0.05) is 23.4 Å². The van der Waals surface area contributed by atoms with Crippen LogP contribution in [0.3, 0.4) is 0 Å². The number of hydrogen-bond donors (Lipinski definition) is 1. The zero-order valence-corrected chi connectivity index (χ0v) is 12.6. The molecule has 1 aromatic rings. The fraction of sp³-hybridized carbons (Fsp3) is 0.556. The molecule has 3 heteroatoms. The number of nitrogens with one attached hydrogen (secondary N) is 1. The van der Waals surface area contributed by atoms with Crippen LogP contribution in [0, 0.1) is 17.8 Å². The monoisotopic (exact) mass is 285 g/mol. The Kier molecular flexibility index (Phi) is 4.09. The summed E-state index contributed by atoms with van der Waals surface area (Å²) in [7, 11) is 0. The highest BCUT2D eigenvalue weighted by Crippen LogP contribution is 2.40. The molecule has 0 aliphatic heterocycles. The lowest BCUT2D eigenvalue weighted by Crippen LogP contribution is -2.40. The molecule has 112 valence electrons. The van der Waals surface area contributed by atoms with Crippen LogP contribution in [0.5, 0.6) is 0 Å². The minimum atomic E-state index is 0.00270. The van der Waals surface area contributed by atoms with Gasteiger partial charge in [0.25, 0.3) is 0 Å². The second-order valence-corrected chi connectivity index (χ2v) is 6.40. The van der Waals surface area contributed by atoms with Crippen molar-refractivity contribution in [2.45, 2.75) is 45.4 Å². The van der Waals surface area contributed by atoms with Crippen molar-refractivity contribution in [3.05, 3.63) is 29.8 Å². The van der Waals surface area contributed by atoms with Gasteiger partial charge in [-0.3, -0.25) is 9.59 Å². The van der Waals surface area contributed by atoms with E-state index in [1.165, 1.54) is 0 Å². The highest BCUT2D eigenvalue weighted by molar-refractivity contribution is 5.95. The minimum Gasteiger partial charge on any atom is -0.326 e. The smallest absolute Gasteiger partial charge is 0.227 e. The lowest BCUT2D eigenvalue weighted by atomic mass is 9.67. The van der Waals surface area contributed by atoms with E-state index in [1.54, 1.807) is 0 Å². The number of anilines is 1. The molecule has 1 unspecified atom stereocenters. The summed E-state index contributed by atoms with van der Waals surface area (Å²) < 4.78 is 0. The van der Waals surface area contributed by atoms with E-state index in [9.17, 15) is 9.59 Å². The van der Waals surface area contributed by atoms with Crippen LogP contribution in [0.25, 0.3) is 0 Å². The molecule has 2 fully saturated rings. The van der Waals surface area contributed by atoms with Gasteiger partial charge < -0.3 is 5.32 Å². The van der Waals surface area contributed by atoms with E-state index >= 15 is 0 Å². The van der Waals surface area contributed by atoms with Crippen molar-refractivity contribution in [3.8, 4) is 0 Å². The number of para-hydroxylation sites is 1. The average molecular weight is 285 g/mol. The molecule has 0 heterocycles. The lowest BCUT2D eigenvalue weighted by molar-refractivity contribution is -0.136. The summed E-state index contributed by atoms with van der Waals surface area (Å²) in [4.78, 5) is 24.7. The van der Waals surface area contributed by atoms with Gasteiger partial charge in [-0.25, -0.2) is 0 Å². The Bertz CT molecular complexity index is 536. The summed E-state index contributed by atoms with van der Waals surface area (Å²) in [6, 6.07) is 7.96. The number of rotatable bonds is 3. The molecule has 3 atom stereocenters. The maximum Gasteiger partial charge on any atom is 0.227 e. The summed E-state index contributed by atoms with van der Waals surface area (Å²) in [6.07, 6.45) is 5.50. The van der Waals surface area contributed by atoms with E-state index in [1.807, 2.05) is 18.2 Å². The van der Waals surface area contributed by atoms with E-state index in [-0.39, 0.29) is 23.7 Å². The number of Topliss-reactive ketones (excluding diaryl/α,β-unsaturated/α-hetero) is 1. The van der Waals surface area contributed by atoms with Crippen LogP contribution in [0.2, 0.25) is 0 Å². The van der Waals surface area contributed by atoms with E-state index in [0.29, 0.717) is 5.78 Å². The predicted octanol–water partition coefficient (Wildman–Crippen LogP) is 3.58. The Morgan fingerprint density at radius 3 is 2.52 bits per heavy atom. The Labute approximate surface area is 126 Å². The van der Waals surface area contributed by atoms with Crippen LogP contribution in [0.1, 0.15) is 44.6 Å². The molecule has 1 aromatic carbocycles. The zero-order valence-electron chi connectivity index (χ0n) is 12.6. The van der Waals surface area contributed by atoms with Crippen molar-refractivity contribution in [2.75, 3.05) is 5.32 Å². The van der Waals surface area contributed by atoms with Crippen molar-refractivity contribution in [1.29, 1.82) is 0 Å². The largest absolute Gasteiger partial charge is 0.326 e. The third-order valence-electron chi connectivity index (χ3n) is 5.07. The normalized spacial score (nSPS) is 28.2. The number of carbonyl (C=O) groups is 2. The van der Waals surface area contributed by atoms with Crippen LogP contribution >= 0.6 is 0 Å². The summed E-state index contributed by atoms with van der Waals surface area (Å²) >= 11 is 0. The van der Waals surface area contributed by atoms with Crippen molar-refractivity contribution >= 4 is 17.4 Å². The summed E-state index contributed by atoms with van der Waals surface area (Å²) in [6.45, 7) is 2.09. The molecule has 2 bridgehead atoms. The van der Waals surface area contributed by atoms with Crippen molar-refractivity contribution in [1.82, 2.24) is 0 Å².